The van der Waals surface area contributed by atoms with Crippen LogP contribution in [0.3, 0.4) is 0 Å². The molecule has 1 fully saturated rings. The minimum atomic E-state index is -0.381. The van der Waals surface area contributed by atoms with Gasteiger partial charge in [0.2, 0.25) is 11.8 Å². The van der Waals surface area contributed by atoms with E-state index in [0.717, 1.165) is 5.69 Å². The van der Waals surface area contributed by atoms with Crippen LogP contribution in [-0.2, 0) is 9.59 Å². The molecule has 3 rings (SSSR count). The number of H-pyrrole nitrogens is 1. The van der Waals surface area contributed by atoms with E-state index >= 15 is 0 Å². The molecule has 2 heterocycles. The number of amides is 2. The standard InChI is InChI=1S/C15H16N4O3/c1-22-13-4-2-3-12(6-13)19-9-10(5-14(19)20)15(21)18-11-7-16-17-8-11/h2-4,6-8,10H,5,9H2,1H3,(H,16,17)(H,18,21)/t10-/m0/s1. The van der Waals surface area contributed by atoms with Crippen LogP contribution < -0.4 is 15.0 Å². The number of rotatable bonds is 4. The van der Waals surface area contributed by atoms with Gasteiger partial charge in [-0.3, -0.25) is 14.7 Å². The van der Waals surface area contributed by atoms with E-state index in [-0.39, 0.29) is 24.2 Å². The van der Waals surface area contributed by atoms with E-state index < -0.39 is 0 Å². The molecule has 0 aliphatic carbocycles. The molecule has 0 radical (unpaired) electrons. The van der Waals surface area contributed by atoms with Gasteiger partial charge >= 0.3 is 0 Å². The fourth-order valence-corrected chi connectivity index (χ4v) is 2.47. The van der Waals surface area contributed by atoms with Crippen LogP contribution in [-0.4, -0.2) is 35.7 Å². The van der Waals surface area contributed by atoms with Gasteiger partial charge in [0, 0.05) is 30.9 Å². The Labute approximate surface area is 127 Å². The van der Waals surface area contributed by atoms with Crippen LogP contribution in [0.25, 0.3) is 0 Å². The summed E-state index contributed by atoms with van der Waals surface area (Å²) < 4.78 is 5.17. The number of ether oxygens (including phenoxy) is 1. The molecule has 22 heavy (non-hydrogen) atoms. The summed E-state index contributed by atoms with van der Waals surface area (Å²) in [7, 11) is 1.58. The average Bonchev–Trinajstić information content (AvgIpc) is 3.17. The number of nitrogens with zero attached hydrogens (tertiary/aromatic N) is 2. The Hall–Kier alpha value is -2.83. The topological polar surface area (TPSA) is 87.3 Å². The Morgan fingerprint density at radius 2 is 2.36 bits per heavy atom. The van der Waals surface area contributed by atoms with Gasteiger partial charge in [-0.05, 0) is 12.1 Å². The number of nitrogens with one attached hydrogen (secondary N) is 2. The second kappa shape index (κ2) is 5.88. The lowest BCUT2D eigenvalue weighted by molar-refractivity contribution is -0.122. The van der Waals surface area contributed by atoms with E-state index in [2.05, 4.69) is 15.5 Å². The summed E-state index contributed by atoms with van der Waals surface area (Å²) in [6.07, 6.45) is 3.31. The van der Waals surface area contributed by atoms with Crippen molar-refractivity contribution in [2.45, 2.75) is 6.42 Å². The zero-order chi connectivity index (χ0) is 15.5. The van der Waals surface area contributed by atoms with E-state index in [1.807, 2.05) is 18.2 Å². The van der Waals surface area contributed by atoms with Crippen LogP contribution in [0.5, 0.6) is 5.75 Å². The van der Waals surface area contributed by atoms with Gasteiger partial charge in [0.15, 0.2) is 0 Å². The molecule has 0 saturated carbocycles. The molecule has 2 aromatic rings. The molecule has 0 spiro atoms. The van der Waals surface area contributed by atoms with Crippen LogP contribution in [0.4, 0.5) is 11.4 Å². The molecule has 114 valence electrons. The third-order valence-corrected chi connectivity index (χ3v) is 3.63. The van der Waals surface area contributed by atoms with Crippen LogP contribution in [0.15, 0.2) is 36.7 Å². The largest absolute Gasteiger partial charge is 0.497 e. The van der Waals surface area contributed by atoms with E-state index in [9.17, 15) is 9.59 Å². The summed E-state index contributed by atoms with van der Waals surface area (Å²) in [5, 5.41) is 9.14. The lowest BCUT2D eigenvalue weighted by Gasteiger charge is -2.17. The van der Waals surface area contributed by atoms with Crippen molar-refractivity contribution in [2.24, 2.45) is 5.92 Å². The average molecular weight is 300 g/mol. The molecule has 7 heteroatoms. The third-order valence-electron chi connectivity index (χ3n) is 3.63. The fraction of sp³-hybridized carbons (Fsp3) is 0.267. The Kier molecular flexibility index (Phi) is 3.78. The summed E-state index contributed by atoms with van der Waals surface area (Å²) >= 11 is 0. The number of carbonyl (C=O) groups is 2. The first-order chi connectivity index (χ1) is 10.7. The minimum absolute atomic E-state index is 0.0689. The normalized spacial score (nSPS) is 17.6. The number of hydrogen-bond donors (Lipinski definition) is 2. The van der Waals surface area contributed by atoms with Crippen molar-refractivity contribution in [3.8, 4) is 5.75 Å². The first-order valence-corrected chi connectivity index (χ1v) is 6.91. The van der Waals surface area contributed by atoms with Crippen molar-refractivity contribution in [1.82, 2.24) is 10.2 Å². The smallest absolute Gasteiger partial charge is 0.229 e. The first-order valence-electron chi connectivity index (χ1n) is 6.91. The van der Waals surface area contributed by atoms with Gasteiger partial charge in [0.1, 0.15) is 5.75 Å². The maximum atomic E-state index is 12.2. The minimum Gasteiger partial charge on any atom is -0.497 e. The summed E-state index contributed by atoms with van der Waals surface area (Å²) in [5.74, 6) is 0.0472. The van der Waals surface area contributed by atoms with Crippen molar-refractivity contribution >= 4 is 23.2 Å². The Morgan fingerprint density at radius 1 is 1.50 bits per heavy atom. The second-order valence-electron chi connectivity index (χ2n) is 5.08. The number of aromatic amines is 1. The van der Waals surface area contributed by atoms with Gasteiger partial charge in [-0.1, -0.05) is 6.07 Å². The summed E-state index contributed by atoms with van der Waals surface area (Å²) in [6.45, 7) is 0.357. The molecule has 2 N–H and O–H groups in total. The maximum absolute atomic E-state index is 12.2. The van der Waals surface area contributed by atoms with Crippen molar-refractivity contribution < 1.29 is 14.3 Å². The first kappa shape index (κ1) is 14.1. The van der Waals surface area contributed by atoms with E-state index in [1.165, 1.54) is 6.20 Å². The summed E-state index contributed by atoms with van der Waals surface area (Å²) in [4.78, 5) is 26.0. The van der Waals surface area contributed by atoms with Crippen molar-refractivity contribution in [3.63, 3.8) is 0 Å². The number of aromatic nitrogens is 2. The number of carbonyl (C=O) groups excluding carboxylic acids is 2. The van der Waals surface area contributed by atoms with Crippen molar-refractivity contribution in [1.29, 1.82) is 0 Å². The summed E-state index contributed by atoms with van der Waals surface area (Å²) in [6, 6.07) is 7.25. The lowest BCUT2D eigenvalue weighted by atomic mass is 10.1. The Morgan fingerprint density at radius 3 is 3.09 bits per heavy atom. The van der Waals surface area contributed by atoms with Crippen LogP contribution >= 0.6 is 0 Å². The zero-order valence-corrected chi connectivity index (χ0v) is 12.1. The molecular weight excluding hydrogens is 284 g/mol. The van der Waals surface area contributed by atoms with Gasteiger partial charge < -0.3 is 15.0 Å². The molecule has 1 atom stereocenters. The molecule has 1 aromatic heterocycles. The molecule has 1 saturated heterocycles. The summed E-state index contributed by atoms with van der Waals surface area (Å²) in [5.41, 5.74) is 1.33. The van der Waals surface area contributed by atoms with Gasteiger partial charge in [0.05, 0.1) is 24.9 Å². The van der Waals surface area contributed by atoms with Crippen molar-refractivity contribution in [2.75, 3.05) is 23.9 Å². The highest BCUT2D eigenvalue weighted by Gasteiger charge is 2.35. The molecule has 0 bridgehead atoms. The quantitative estimate of drug-likeness (QED) is 0.893. The third kappa shape index (κ3) is 2.78. The predicted octanol–water partition coefficient (Wildman–Crippen LogP) is 1.41. The second-order valence-corrected chi connectivity index (χ2v) is 5.08. The molecule has 0 unspecified atom stereocenters. The number of methoxy groups -OCH3 is 1. The Balaban J connectivity index is 1.71. The highest BCUT2D eigenvalue weighted by atomic mass is 16.5. The van der Waals surface area contributed by atoms with Crippen molar-refractivity contribution in [3.05, 3.63) is 36.7 Å². The van der Waals surface area contributed by atoms with Crippen LogP contribution in [0.1, 0.15) is 6.42 Å². The molecule has 1 aliphatic rings. The van der Waals surface area contributed by atoms with Gasteiger partial charge in [-0.2, -0.15) is 5.10 Å². The monoisotopic (exact) mass is 300 g/mol. The van der Waals surface area contributed by atoms with E-state index in [4.69, 9.17) is 4.74 Å². The highest BCUT2D eigenvalue weighted by molar-refractivity contribution is 6.03. The molecule has 7 nitrogen and oxygen atoms in total. The zero-order valence-electron chi connectivity index (χ0n) is 12.1. The molecular formula is C15H16N4O3. The van der Waals surface area contributed by atoms with Gasteiger partial charge in [0.25, 0.3) is 0 Å². The van der Waals surface area contributed by atoms with E-state index in [1.54, 1.807) is 24.3 Å². The molecule has 2 amide bonds. The van der Waals surface area contributed by atoms with Gasteiger partial charge in [-0.15, -0.1) is 0 Å². The van der Waals surface area contributed by atoms with E-state index in [0.29, 0.717) is 18.0 Å². The maximum Gasteiger partial charge on any atom is 0.229 e. The molecule has 1 aromatic carbocycles. The van der Waals surface area contributed by atoms with Gasteiger partial charge in [-0.25, -0.2) is 0 Å². The van der Waals surface area contributed by atoms with Crippen LogP contribution in [0.2, 0.25) is 0 Å². The Bertz CT molecular complexity index is 684. The number of hydrogen-bond acceptors (Lipinski definition) is 4. The number of benzene rings is 1. The predicted molar refractivity (Wildman–Crippen MR) is 80.7 cm³/mol. The molecule has 1 aliphatic heterocycles. The number of anilines is 2. The lowest BCUT2D eigenvalue weighted by Crippen LogP contribution is -2.28. The fourth-order valence-electron chi connectivity index (χ4n) is 2.47. The highest BCUT2D eigenvalue weighted by Crippen LogP contribution is 2.28. The SMILES string of the molecule is COc1cccc(N2C[C@@H](C(=O)Nc3cn[nH]c3)CC2=O)c1. The van der Waals surface area contributed by atoms with Crippen LogP contribution in [0, 0.1) is 5.92 Å².